The Bertz CT molecular complexity index is 314. The first-order valence-corrected chi connectivity index (χ1v) is 4.67. The summed E-state index contributed by atoms with van der Waals surface area (Å²) in [6.07, 6.45) is 0.447. The van der Waals surface area contributed by atoms with E-state index >= 15 is 0 Å². The van der Waals surface area contributed by atoms with Crippen molar-refractivity contribution in [3.05, 3.63) is 27.5 Å². The molecule has 0 saturated heterocycles. The highest BCUT2D eigenvalue weighted by Gasteiger charge is 2.08. The first-order valence-electron chi connectivity index (χ1n) is 3.50. The third-order valence-electron chi connectivity index (χ3n) is 1.44. The first-order chi connectivity index (χ1) is 5.65. The number of carbonyl (C=O) groups excluding carboxylic acids is 1. The van der Waals surface area contributed by atoms with Gasteiger partial charge in [0.15, 0.2) is 5.78 Å². The summed E-state index contributed by atoms with van der Waals surface area (Å²) in [7, 11) is 0. The number of halogens is 2. The van der Waals surface area contributed by atoms with Gasteiger partial charge in [-0.2, -0.15) is 0 Å². The summed E-state index contributed by atoms with van der Waals surface area (Å²) >= 11 is 8.90. The van der Waals surface area contributed by atoms with Crippen molar-refractivity contribution < 1.29 is 4.79 Å². The van der Waals surface area contributed by atoms with E-state index in [9.17, 15) is 4.79 Å². The lowest BCUT2D eigenvalue weighted by Gasteiger charge is -1.99. The van der Waals surface area contributed by atoms with Crippen LogP contribution in [0.1, 0.15) is 23.7 Å². The van der Waals surface area contributed by atoms with Crippen LogP contribution >= 0.6 is 27.5 Å². The van der Waals surface area contributed by atoms with Gasteiger partial charge in [0.05, 0.1) is 5.56 Å². The van der Waals surface area contributed by atoms with Gasteiger partial charge >= 0.3 is 0 Å². The van der Waals surface area contributed by atoms with Crippen LogP contribution in [0.4, 0.5) is 0 Å². The van der Waals surface area contributed by atoms with E-state index in [0.29, 0.717) is 16.6 Å². The molecule has 0 bridgehead atoms. The Hall–Kier alpha value is -0.410. The van der Waals surface area contributed by atoms with Gasteiger partial charge in [-0.3, -0.25) is 4.79 Å². The molecule has 0 saturated carbocycles. The quantitative estimate of drug-likeness (QED) is 0.595. The van der Waals surface area contributed by atoms with Crippen molar-refractivity contribution in [2.45, 2.75) is 13.3 Å². The number of rotatable bonds is 2. The van der Waals surface area contributed by atoms with E-state index in [2.05, 4.69) is 20.9 Å². The van der Waals surface area contributed by atoms with Crippen LogP contribution in [-0.2, 0) is 0 Å². The van der Waals surface area contributed by atoms with E-state index in [1.165, 1.54) is 0 Å². The number of Topliss-reactive ketones (excluding diaryl/α,β-unsaturated/α-hetero) is 1. The van der Waals surface area contributed by atoms with Crippen molar-refractivity contribution in [2.75, 3.05) is 0 Å². The van der Waals surface area contributed by atoms with Crippen LogP contribution in [-0.4, -0.2) is 10.8 Å². The maximum atomic E-state index is 11.2. The molecule has 0 atom stereocenters. The zero-order valence-electron chi connectivity index (χ0n) is 6.47. The molecule has 1 rings (SSSR count). The largest absolute Gasteiger partial charge is 0.294 e. The molecule has 0 amide bonds. The summed E-state index contributed by atoms with van der Waals surface area (Å²) in [5.74, 6) is 0.0139. The van der Waals surface area contributed by atoms with Gasteiger partial charge in [-0.1, -0.05) is 18.5 Å². The van der Waals surface area contributed by atoms with Crippen molar-refractivity contribution >= 4 is 33.3 Å². The minimum atomic E-state index is 0.0139. The van der Waals surface area contributed by atoms with Crippen LogP contribution < -0.4 is 0 Å². The average molecular weight is 249 g/mol. The molecule has 1 aromatic heterocycles. The Morgan fingerprint density at radius 3 is 2.83 bits per heavy atom. The summed E-state index contributed by atoms with van der Waals surface area (Å²) in [6.45, 7) is 1.79. The fraction of sp³-hybridized carbons (Fsp3) is 0.250. The number of nitrogens with zero attached hydrogens (tertiary/aromatic N) is 1. The van der Waals surface area contributed by atoms with Crippen molar-refractivity contribution in [1.29, 1.82) is 0 Å². The van der Waals surface area contributed by atoms with Gasteiger partial charge in [0.1, 0.15) is 9.76 Å². The smallest absolute Gasteiger partial charge is 0.165 e. The predicted molar refractivity (Wildman–Crippen MR) is 51.6 cm³/mol. The molecule has 0 aliphatic carbocycles. The second kappa shape index (κ2) is 4.01. The average Bonchev–Trinajstić information content (AvgIpc) is 2.03. The molecule has 0 unspecified atom stereocenters. The van der Waals surface area contributed by atoms with Crippen molar-refractivity contribution in [2.24, 2.45) is 0 Å². The van der Waals surface area contributed by atoms with Gasteiger partial charge in [-0.05, 0) is 28.1 Å². The number of pyridine rings is 1. The lowest BCUT2D eigenvalue weighted by Crippen LogP contribution is -1.98. The van der Waals surface area contributed by atoms with Crippen molar-refractivity contribution in [1.82, 2.24) is 4.98 Å². The monoisotopic (exact) mass is 247 g/mol. The molecule has 0 aliphatic rings. The summed E-state index contributed by atoms with van der Waals surface area (Å²) < 4.78 is 0.639. The molecular weight excluding hydrogens is 241 g/mol. The molecule has 2 nitrogen and oxygen atoms in total. The van der Waals surface area contributed by atoms with E-state index in [0.717, 1.165) is 0 Å². The molecule has 0 N–H and O–H groups in total. The van der Waals surface area contributed by atoms with Crippen LogP contribution in [0.25, 0.3) is 0 Å². The molecule has 0 fully saturated rings. The zero-order chi connectivity index (χ0) is 9.14. The molecule has 0 aromatic carbocycles. The van der Waals surface area contributed by atoms with E-state index in [1.807, 2.05) is 0 Å². The molecule has 64 valence electrons. The predicted octanol–water partition coefficient (Wildman–Crippen LogP) is 3.09. The maximum absolute atomic E-state index is 11.2. The van der Waals surface area contributed by atoms with Gasteiger partial charge in [0.25, 0.3) is 0 Å². The van der Waals surface area contributed by atoms with Gasteiger partial charge in [-0.25, -0.2) is 4.98 Å². The zero-order valence-corrected chi connectivity index (χ0v) is 8.82. The second-order valence-corrected chi connectivity index (χ2v) is 3.42. The van der Waals surface area contributed by atoms with Crippen LogP contribution in [0.2, 0.25) is 5.15 Å². The fourth-order valence-corrected chi connectivity index (χ4v) is 1.48. The van der Waals surface area contributed by atoms with Gasteiger partial charge in [0, 0.05) is 6.42 Å². The standard InChI is InChI=1S/C8H7BrClNO/c1-2-6(12)5-3-4-7(9)11-8(5)10/h3-4H,2H2,1H3. The highest BCUT2D eigenvalue weighted by atomic mass is 79.9. The minimum Gasteiger partial charge on any atom is -0.294 e. The molecular formula is C8H7BrClNO. The van der Waals surface area contributed by atoms with Gasteiger partial charge in [-0.15, -0.1) is 0 Å². The lowest BCUT2D eigenvalue weighted by atomic mass is 10.1. The second-order valence-electron chi connectivity index (χ2n) is 2.25. The van der Waals surface area contributed by atoms with E-state index in [-0.39, 0.29) is 10.9 Å². The lowest BCUT2D eigenvalue weighted by molar-refractivity contribution is 0.0988. The van der Waals surface area contributed by atoms with Gasteiger partial charge < -0.3 is 0 Å². The number of hydrogen-bond donors (Lipinski definition) is 0. The highest BCUT2D eigenvalue weighted by Crippen LogP contribution is 2.18. The summed E-state index contributed by atoms with van der Waals surface area (Å²) in [6, 6.07) is 3.38. The topological polar surface area (TPSA) is 30.0 Å². The first kappa shape index (κ1) is 9.68. The number of hydrogen-bond acceptors (Lipinski definition) is 2. The van der Waals surface area contributed by atoms with Gasteiger partial charge in [0.2, 0.25) is 0 Å². The van der Waals surface area contributed by atoms with Crippen molar-refractivity contribution in [3.63, 3.8) is 0 Å². The Morgan fingerprint density at radius 1 is 1.67 bits per heavy atom. The minimum absolute atomic E-state index is 0.0139. The Morgan fingerprint density at radius 2 is 2.33 bits per heavy atom. The summed E-state index contributed by atoms with van der Waals surface area (Å²) in [4.78, 5) is 15.1. The Kier molecular flexibility index (Phi) is 3.23. The summed E-state index contributed by atoms with van der Waals surface area (Å²) in [5, 5.41) is 0.260. The highest BCUT2D eigenvalue weighted by molar-refractivity contribution is 9.10. The van der Waals surface area contributed by atoms with Crippen LogP contribution in [0.3, 0.4) is 0 Å². The van der Waals surface area contributed by atoms with Crippen LogP contribution in [0.15, 0.2) is 16.7 Å². The molecule has 1 aromatic rings. The van der Waals surface area contributed by atoms with Crippen molar-refractivity contribution in [3.8, 4) is 0 Å². The Balaban J connectivity index is 3.09. The van der Waals surface area contributed by atoms with Crippen LogP contribution in [0, 0.1) is 0 Å². The molecule has 0 radical (unpaired) electrons. The molecule has 4 heteroatoms. The molecule has 1 heterocycles. The molecule has 0 spiro atoms. The number of ketones is 1. The molecule has 12 heavy (non-hydrogen) atoms. The summed E-state index contributed by atoms with van der Waals surface area (Å²) in [5.41, 5.74) is 0.488. The maximum Gasteiger partial charge on any atom is 0.165 e. The van der Waals surface area contributed by atoms with E-state index in [1.54, 1.807) is 19.1 Å². The third-order valence-corrected chi connectivity index (χ3v) is 2.17. The van der Waals surface area contributed by atoms with E-state index < -0.39 is 0 Å². The fourth-order valence-electron chi connectivity index (χ4n) is 0.811. The third kappa shape index (κ3) is 2.05. The van der Waals surface area contributed by atoms with E-state index in [4.69, 9.17) is 11.6 Å². The normalized spacial score (nSPS) is 9.92. The number of aromatic nitrogens is 1. The SMILES string of the molecule is CCC(=O)c1ccc(Br)nc1Cl. The number of carbonyl (C=O) groups is 1. The van der Waals surface area contributed by atoms with Crippen LogP contribution in [0.5, 0.6) is 0 Å². The Labute approximate surface area is 84.1 Å². The molecule has 0 aliphatic heterocycles.